The fraction of sp³-hybridized carbons (Fsp3) is 0.583. The van der Waals surface area contributed by atoms with Gasteiger partial charge >= 0.3 is 0 Å². The van der Waals surface area contributed by atoms with Crippen LogP contribution in [-0.4, -0.2) is 61.4 Å². The van der Waals surface area contributed by atoms with Gasteiger partial charge in [-0.15, -0.1) is 0 Å². The molecule has 0 radical (unpaired) electrons. The zero-order valence-electron chi connectivity index (χ0n) is 10.9. The maximum Gasteiger partial charge on any atom is 0.150 e. The fourth-order valence-corrected chi connectivity index (χ4v) is 2.75. The molecule has 7 heteroatoms. The second kappa shape index (κ2) is 6.61. The standard InChI is InChI=1S/C12H18Cl2N4O/c1-15-11-9(13)8-10(14)12(16-11)18-4-2-17(3-5-18)6-7-19/h8,19H,2-7H2,1H3,(H,15,16). The van der Waals surface area contributed by atoms with Gasteiger partial charge in [-0.25, -0.2) is 4.98 Å². The first kappa shape index (κ1) is 14.7. The molecular formula is C12H18Cl2N4O. The quantitative estimate of drug-likeness (QED) is 0.884. The Morgan fingerprint density at radius 2 is 1.95 bits per heavy atom. The Hall–Kier alpha value is -0.750. The molecule has 106 valence electrons. The number of nitrogens with one attached hydrogen (secondary N) is 1. The average molecular weight is 305 g/mol. The lowest BCUT2D eigenvalue weighted by atomic mass is 10.3. The molecule has 0 aliphatic carbocycles. The third-order valence-corrected chi connectivity index (χ3v) is 3.80. The van der Waals surface area contributed by atoms with Crippen LogP contribution in [0.2, 0.25) is 10.0 Å². The lowest BCUT2D eigenvalue weighted by Crippen LogP contribution is -2.47. The summed E-state index contributed by atoms with van der Waals surface area (Å²) in [6.07, 6.45) is 0. The number of halogens is 2. The highest BCUT2D eigenvalue weighted by molar-refractivity contribution is 6.37. The number of aliphatic hydroxyl groups excluding tert-OH is 1. The molecule has 1 aliphatic heterocycles. The summed E-state index contributed by atoms with van der Waals surface area (Å²) in [6, 6.07) is 1.72. The molecule has 19 heavy (non-hydrogen) atoms. The third kappa shape index (κ3) is 3.42. The molecule has 2 rings (SSSR count). The summed E-state index contributed by atoms with van der Waals surface area (Å²) in [6.45, 7) is 4.41. The summed E-state index contributed by atoms with van der Waals surface area (Å²) < 4.78 is 0. The van der Waals surface area contributed by atoms with E-state index in [2.05, 4.69) is 20.1 Å². The van der Waals surface area contributed by atoms with Gasteiger partial charge in [-0.1, -0.05) is 23.2 Å². The van der Waals surface area contributed by atoms with Crippen LogP contribution in [0.15, 0.2) is 6.07 Å². The molecule has 5 nitrogen and oxygen atoms in total. The van der Waals surface area contributed by atoms with Crippen LogP contribution in [0, 0.1) is 0 Å². The van der Waals surface area contributed by atoms with Gasteiger partial charge in [0.25, 0.3) is 0 Å². The third-order valence-electron chi connectivity index (χ3n) is 3.24. The Bertz CT molecular complexity index is 436. The summed E-state index contributed by atoms with van der Waals surface area (Å²) in [5.74, 6) is 1.40. The maximum atomic E-state index is 8.93. The van der Waals surface area contributed by atoms with E-state index in [0.29, 0.717) is 15.9 Å². The number of hydrogen-bond donors (Lipinski definition) is 2. The van der Waals surface area contributed by atoms with Crippen LogP contribution in [0.25, 0.3) is 0 Å². The van der Waals surface area contributed by atoms with E-state index in [9.17, 15) is 0 Å². The molecule has 2 heterocycles. The number of nitrogens with zero attached hydrogens (tertiary/aromatic N) is 3. The van der Waals surface area contributed by atoms with Gasteiger partial charge in [-0.2, -0.15) is 0 Å². The van der Waals surface area contributed by atoms with Crippen LogP contribution in [0.4, 0.5) is 11.6 Å². The van der Waals surface area contributed by atoms with Gasteiger partial charge in [0.2, 0.25) is 0 Å². The van der Waals surface area contributed by atoms with Crippen molar-refractivity contribution in [3.05, 3.63) is 16.1 Å². The molecule has 0 atom stereocenters. The van der Waals surface area contributed by atoms with Crippen LogP contribution in [0.5, 0.6) is 0 Å². The van der Waals surface area contributed by atoms with Crippen molar-refractivity contribution in [2.75, 3.05) is 56.6 Å². The minimum Gasteiger partial charge on any atom is -0.395 e. The van der Waals surface area contributed by atoms with Crippen molar-refractivity contribution < 1.29 is 5.11 Å². The van der Waals surface area contributed by atoms with Crippen molar-refractivity contribution in [1.82, 2.24) is 9.88 Å². The minimum atomic E-state index is 0.198. The summed E-state index contributed by atoms with van der Waals surface area (Å²) in [5, 5.41) is 13.0. The number of aliphatic hydroxyl groups is 1. The molecule has 0 saturated carbocycles. The molecule has 2 N–H and O–H groups in total. The van der Waals surface area contributed by atoms with E-state index in [-0.39, 0.29) is 6.61 Å². The lowest BCUT2D eigenvalue weighted by molar-refractivity contribution is 0.188. The molecule has 0 unspecified atom stereocenters. The van der Waals surface area contributed by atoms with Crippen LogP contribution >= 0.6 is 23.2 Å². The van der Waals surface area contributed by atoms with E-state index in [1.54, 1.807) is 13.1 Å². The van der Waals surface area contributed by atoms with E-state index >= 15 is 0 Å². The fourth-order valence-electron chi connectivity index (χ4n) is 2.18. The van der Waals surface area contributed by atoms with Gasteiger partial charge in [0.1, 0.15) is 11.6 Å². The number of pyridine rings is 1. The predicted octanol–water partition coefficient (Wildman–Crippen LogP) is 1.54. The van der Waals surface area contributed by atoms with Crippen LogP contribution < -0.4 is 10.2 Å². The van der Waals surface area contributed by atoms with Crippen molar-refractivity contribution in [2.24, 2.45) is 0 Å². The molecule has 0 aromatic carbocycles. The summed E-state index contributed by atoms with van der Waals surface area (Å²) in [5.41, 5.74) is 0. The van der Waals surface area contributed by atoms with Crippen molar-refractivity contribution in [1.29, 1.82) is 0 Å². The molecular weight excluding hydrogens is 287 g/mol. The average Bonchev–Trinajstić information content (AvgIpc) is 2.41. The van der Waals surface area contributed by atoms with Gasteiger partial charge < -0.3 is 15.3 Å². The Morgan fingerprint density at radius 1 is 1.26 bits per heavy atom. The molecule has 0 bridgehead atoms. The first-order valence-electron chi connectivity index (χ1n) is 6.27. The number of anilines is 2. The molecule has 1 aliphatic rings. The number of hydrogen-bond acceptors (Lipinski definition) is 5. The van der Waals surface area contributed by atoms with Crippen molar-refractivity contribution in [2.45, 2.75) is 0 Å². The molecule has 0 spiro atoms. The smallest absolute Gasteiger partial charge is 0.150 e. The van der Waals surface area contributed by atoms with E-state index in [1.165, 1.54) is 0 Å². The minimum absolute atomic E-state index is 0.198. The summed E-state index contributed by atoms with van der Waals surface area (Å²) in [7, 11) is 1.78. The number of aromatic nitrogens is 1. The molecule has 1 aromatic rings. The van der Waals surface area contributed by atoms with Crippen LogP contribution in [0.1, 0.15) is 0 Å². The Kier molecular flexibility index (Phi) is 5.10. The monoisotopic (exact) mass is 304 g/mol. The zero-order chi connectivity index (χ0) is 13.8. The first-order valence-corrected chi connectivity index (χ1v) is 7.03. The van der Waals surface area contributed by atoms with E-state index in [4.69, 9.17) is 28.3 Å². The molecule has 1 aromatic heterocycles. The van der Waals surface area contributed by atoms with Gasteiger partial charge in [-0.3, -0.25) is 4.90 Å². The van der Waals surface area contributed by atoms with Gasteiger partial charge in [-0.05, 0) is 6.07 Å². The highest BCUT2D eigenvalue weighted by Crippen LogP contribution is 2.31. The van der Waals surface area contributed by atoms with Gasteiger partial charge in [0, 0.05) is 39.8 Å². The number of β-amino-alcohol motifs (C(OH)–C–C–N with tert-alkyl or cyclic N) is 1. The molecule has 0 amide bonds. The number of piperazine rings is 1. The van der Waals surface area contributed by atoms with Gasteiger partial charge in [0.05, 0.1) is 16.7 Å². The van der Waals surface area contributed by atoms with Crippen molar-refractivity contribution in [3.8, 4) is 0 Å². The Balaban J connectivity index is 2.11. The normalized spacial score (nSPS) is 16.7. The maximum absolute atomic E-state index is 8.93. The predicted molar refractivity (Wildman–Crippen MR) is 79.5 cm³/mol. The van der Waals surface area contributed by atoms with Crippen molar-refractivity contribution in [3.63, 3.8) is 0 Å². The Morgan fingerprint density at radius 3 is 2.53 bits per heavy atom. The van der Waals surface area contributed by atoms with Crippen LogP contribution in [0.3, 0.4) is 0 Å². The second-order valence-corrected chi connectivity index (χ2v) is 5.24. The van der Waals surface area contributed by atoms with Gasteiger partial charge in [0.15, 0.2) is 0 Å². The van der Waals surface area contributed by atoms with Crippen LogP contribution in [-0.2, 0) is 0 Å². The molecule has 1 fully saturated rings. The Labute approximate surface area is 123 Å². The SMILES string of the molecule is CNc1nc(N2CCN(CCO)CC2)c(Cl)cc1Cl. The molecule has 1 saturated heterocycles. The van der Waals surface area contributed by atoms with E-state index in [0.717, 1.165) is 38.5 Å². The second-order valence-electron chi connectivity index (χ2n) is 4.43. The number of rotatable bonds is 4. The summed E-state index contributed by atoms with van der Waals surface area (Å²) in [4.78, 5) is 8.84. The van der Waals surface area contributed by atoms with E-state index < -0.39 is 0 Å². The highest BCUT2D eigenvalue weighted by Gasteiger charge is 2.20. The van der Waals surface area contributed by atoms with E-state index in [1.807, 2.05) is 0 Å². The zero-order valence-corrected chi connectivity index (χ0v) is 12.4. The lowest BCUT2D eigenvalue weighted by Gasteiger charge is -2.35. The highest BCUT2D eigenvalue weighted by atomic mass is 35.5. The summed E-state index contributed by atoms with van der Waals surface area (Å²) >= 11 is 12.3. The van der Waals surface area contributed by atoms with Crippen molar-refractivity contribution >= 4 is 34.8 Å². The largest absolute Gasteiger partial charge is 0.395 e. The first-order chi connectivity index (χ1) is 9.15. The topological polar surface area (TPSA) is 51.6 Å².